The lowest BCUT2D eigenvalue weighted by Gasteiger charge is -2.21. The van der Waals surface area contributed by atoms with Crippen LogP contribution in [0, 0.1) is 13.8 Å². The topological polar surface area (TPSA) is 9.86 Å². The van der Waals surface area contributed by atoms with Gasteiger partial charge in [-0.15, -0.1) is 0 Å². The smallest absolute Gasteiger partial charge is 0.0544 e. The molecule has 0 spiro atoms. The first kappa shape index (κ1) is 33.5. The lowest BCUT2D eigenvalue weighted by molar-refractivity contribution is 0.661. The Bertz CT molecular complexity index is 3150. The predicted molar refractivity (Wildman–Crippen MR) is 245 cm³/mol. The molecule has 10 aromatic rings. The zero-order valence-electron chi connectivity index (χ0n) is 33.9. The zero-order chi connectivity index (χ0) is 39.2. The van der Waals surface area contributed by atoms with Crippen LogP contribution in [-0.2, 0) is 10.8 Å². The zero-order valence-corrected chi connectivity index (χ0v) is 33.9. The van der Waals surface area contributed by atoms with E-state index < -0.39 is 0 Å². The Labute approximate surface area is 339 Å². The largest absolute Gasteiger partial charge is 0.309 e. The molecule has 0 bridgehead atoms. The van der Waals surface area contributed by atoms with Gasteiger partial charge in [-0.3, -0.25) is 0 Å². The van der Waals surface area contributed by atoms with Crippen LogP contribution in [0.15, 0.2) is 158 Å². The third-order valence-electron chi connectivity index (χ3n) is 13.9. The number of fused-ring (bicyclic) bond motifs is 12. The van der Waals surface area contributed by atoms with Crippen molar-refractivity contribution in [2.24, 2.45) is 0 Å². The number of rotatable bonds is 3. The number of aryl methyl sites for hydroxylation is 2. The van der Waals surface area contributed by atoms with Gasteiger partial charge in [-0.25, -0.2) is 0 Å². The van der Waals surface area contributed by atoms with Crippen molar-refractivity contribution in [1.82, 2.24) is 9.13 Å². The Morgan fingerprint density at radius 3 is 1.12 bits per heavy atom. The van der Waals surface area contributed by atoms with Crippen molar-refractivity contribution < 1.29 is 0 Å². The van der Waals surface area contributed by atoms with Gasteiger partial charge in [0.25, 0.3) is 0 Å². The van der Waals surface area contributed by atoms with Gasteiger partial charge in [0.2, 0.25) is 0 Å². The van der Waals surface area contributed by atoms with Crippen LogP contribution < -0.4 is 0 Å². The fourth-order valence-electron chi connectivity index (χ4n) is 10.7. The SMILES string of the molecule is Cc1ccc(-n2c3ccc(-c4ccc5c(c4)c4cc6c(cc4n5-c4ccc(C)cc4)C(C)(C)c4ccccc4-6)cc3c3cc4c(cc32)C(C)(C)c2ccccc2-4)cc1. The molecule has 0 N–H and O–H groups in total. The summed E-state index contributed by atoms with van der Waals surface area (Å²) in [4.78, 5) is 0. The summed E-state index contributed by atoms with van der Waals surface area (Å²) in [5.41, 5.74) is 23.2. The molecule has 278 valence electrons. The highest BCUT2D eigenvalue weighted by molar-refractivity contribution is 6.15. The first-order valence-corrected chi connectivity index (χ1v) is 20.7. The van der Waals surface area contributed by atoms with Crippen LogP contribution in [0.3, 0.4) is 0 Å². The molecule has 0 radical (unpaired) electrons. The van der Waals surface area contributed by atoms with E-state index in [9.17, 15) is 0 Å². The van der Waals surface area contributed by atoms with Crippen molar-refractivity contribution in [3.63, 3.8) is 0 Å². The van der Waals surface area contributed by atoms with Crippen molar-refractivity contribution in [3.05, 3.63) is 191 Å². The Morgan fingerprint density at radius 1 is 0.328 bits per heavy atom. The van der Waals surface area contributed by atoms with Gasteiger partial charge in [0, 0.05) is 43.7 Å². The molecule has 2 heteroatoms. The maximum atomic E-state index is 2.48. The maximum Gasteiger partial charge on any atom is 0.0544 e. The average molecular weight is 745 g/mol. The lowest BCUT2D eigenvalue weighted by Crippen LogP contribution is -2.14. The van der Waals surface area contributed by atoms with E-state index in [1.165, 1.54) is 122 Å². The number of nitrogens with zero attached hydrogens (tertiary/aromatic N) is 2. The van der Waals surface area contributed by atoms with E-state index in [-0.39, 0.29) is 10.8 Å². The Kier molecular flexibility index (Phi) is 6.63. The van der Waals surface area contributed by atoms with Crippen LogP contribution in [0.1, 0.15) is 61.1 Å². The van der Waals surface area contributed by atoms with Crippen LogP contribution >= 0.6 is 0 Å². The van der Waals surface area contributed by atoms with Crippen LogP contribution in [0.4, 0.5) is 0 Å². The van der Waals surface area contributed by atoms with Crippen molar-refractivity contribution in [2.45, 2.75) is 52.4 Å². The van der Waals surface area contributed by atoms with Crippen LogP contribution in [0.2, 0.25) is 0 Å². The van der Waals surface area contributed by atoms with Gasteiger partial charge >= 0.3 is 0 Å². The van der Waals surface area contributed by atoms with E-state index in [1.54, 1.807) is 0 Å². The number of hydrogen-bond acceptors (Lipinski definition) is 0. The minimum Gasteiger partial charge on any atom is -0.309 e. The molecule has 0 amide bonds. The quantitative estimate of drug-likeness (QED) is 0.170. The molecule has 2 aliphatic rings. The monoisotopic (exact) mass is 744 g/mol. The minimum absolute atomic E-state index is 0.0784. The highest BCUT2D eigenvalue weighted by Gasteiger charge is 2.37. The van der Waals surface area contributed by atoms with Crippen LogP contribution in [-0.4, -0.2) is 9.13 Å². The van der Waals surface area contributed by atoms with Gasteiger partial charge in [-0.1, -0.05) is 124 Å². The molecule has 0 saturated heterocycles. The summed E-state index contributed by atoms with van der Waals surface area (Å²) in [6.45, 7) is 13.8. The molecule has 0 saturated carbocycles. The second-order valence-corrected chi connectivity index (χ2v) is 18.0. The van der Waals surface area contributed by atoms with Gasteiger partial charge in [0.1, 0.15) is 0 Å². The molecule has 0 aliphatic heterocycles. The van der Waals surface area contributed by atoms with Gasteiger partial charge in [0.05, 0.1) is 22.1 Å². The van der Waals surface area contributed by atoms with E-state index in [2.05, 4.69) is 208 Å². The van der Waals surface area contributed by atoms with Crippen LogP contribution in [0.5, 0.6) is 0 Å². The predicted octanol–water partition coefficient (Wildman–Crippen LogP) is 14.8. The van der Waals surface area contributed by atoms with Crippen molar-refractivity contribution in [2.75, 3.05) is 0 Å². The second-order valence-electron chi connectivity index (χ2n) is 18.0. The molecular weight excluding hydrogens is 701 g/mol. The summed E-state index contributed by atoms with van der Waals surface area (Å²) in [7, 11) is 0. The van der Waals surface area contributed by atoms with Crippen LogP contribution in [0.25, 0.3) is 88.4 Å². The third kappa shape index (κ3) is 4.43. The van der Waals surface area contributed by atoms with Gasteiger partial charge in [0.15, 0.2) is 0 Å². The lowest BCUT2D eigenvalue weighted by atomic mass is 9.82. The van der Waals surface area contributed by atoms with Gasteiger partial charge in [-0.05, 0) is 142 Å². The third-order valence-corrected chi connectivity index (χ3v) is 13.9. The molecule has 2 aromatic heterocycles. The minimum atomic E-state index is -0.0784. The molecule has 2 nitrogen and oxygen atoms in total. The van der Waals surface area contributed by atoms with E-state index >= 15 is 0 Å². The number of aromatic nitrogens is 2. The van der Waals surface area contributed by atoms with E-state index in [1.807, 2.05) is 0 Å². The summed E-state index contributed by atoms with van der Waals surface area (Å²) in [5.74, 6) is 0. The van der Waals surface area contributed by atoms with Gasteiger partial charge < -0.3 is 9.13 Å². The van der Waals surface area contributed by atoms with Crippen molar-refractivity contribution in [3.8, 4) is 44.8 Å². The summed E-state index contributed by atoms with van der Waals surface area (Å²) >= 11 is 0. The highest BCUT2D eigenvalue weighted by Crippen LogP contribution is 2.53. The summed E-state index contributed by atoms with van der Waals surface area (Å²) < 4.78 is 4.96. The first-order valence-electron chi connectivity index (χ1n) is 20.7. The fraction of sp³-hybridized carbons (Fsp3) is 0.143. The molecule has 12 rings (SSSR count). The van der Waals surface area contributed by atoms with E-state index in [4.69, 9.17) is 0 Å². The fourth-order valence-corrected chi connectivity index (χ4v) is 10.7. The normalized spacial score (nSPS) is 14.7. The van der Waals surface area contributed by atoms with Crippen molar-refractivity contribution in [1.29, 1.82) is 0 Å². The summed E-state index contributed by atoms with van der Waals surface area (Å²) in [6.07, 6.45) is 0. The first-order chi connectivity index (χ1) is 28.1. The second kappa shape index (κ2) is 11.5. The maximum absolute atomic E-state index is 2.48. The molecular formula is C56H44N2. The molecule has 8 aromatic carbocycles. The Hall–Kier alpha value is -6.64. The molecule has 2 heterocycles. The molecule has 0 unspecified atom stereocenters. The van der Waals surface area contributed by atoms with E-state index in [0.29, 0.717) is 0 Å². The molecule has 58 heavy (non-hydrogen) atoms. The van der Waals surface area contributed by atoms with Gasteiger partial charge in [-0.2, -0.15) is 0 Å². The highest BCUT2D eigenvalue weighted by atomic mass is 15.0. The van der Waals surface area contributed by atoms with E-state index in [0.717, 1.165) is 0 Å². The Balaban J connectivity index is 1.11. The standard InChI is InChI=1S/C56H44N2/c1-33-15-21-37(22-16-33)57-51-25-19-35(27-43(51)45-29-41-39-11-7-9-13-47(39)55(3,4)49(41)31-53(45)57)36-20-26-52-44(28-36)46-30-42-40-12-8-10-14-48(40)56(5,6)50(42)32-54(46)58(52)38-23-17-34(2)18-24-38/h7-32H,1-6H3. The molecule has 0 fully saturated rings. The Morgan fingerprint density at radius 2 is 0.707 bits per heavy atom. The number of benzene rings is 8. The van der Waals surface area contributed by atoms with Crippen molar-refractivity contribution >= 4 is 43.6 Å². The molecule has 0 atom stereocenters. The number of hydrogen-bond donors (Lipinski definition) is 0. The average Bonchev–Trinajstić information content (AvgIpc) is 3.88. The molecule has 2 aliphatic carbocycles. The summed E-state index contributed by atoms with van der Waals surface area (Å²) in [6, 6.07) is 60.1. The summed E-state index contributed by atoms with van der Waals surface area (Å²) in [5, 5.41) is 5.13.